The van der Waals surface area contributed by atoms with Gasteiger partial charge in [-0.3, -0.25) is 24.7 Å². The number of ether oxygens (including phenoxy) is 2. The lowest BCUT2D eigenvalue weighted by atomic mass is 9.94. The first kappa shape index (κ1) is 17.4. The van der Waals surface area contributed by atoms with Crippen LogP contribution >= 0.6 is 0 Å². The minimum absolute atomic E-state index is 0.0271. The average molecular weight is 445 g/mol. The monoisotopic (exact) mass is 445 g/mol. The van der Waals surface area contributed by atoms with E-state index in [1.807, 2.05) is 0 Å². The maximum absolute atomic E-state index is 12.5. The molecular weight excluding hydrogens is 424 g/mol. The standard InChI is InChI=1S/C19H18N6O7/c1-24-14(4-5-20-24)18(26)21-17-8-13(22-23-17)16-6-10(9-31-16)12-7-11(25(29)30)2-3-15(12)32-19(27)28/h2-5,7-8,10,16H,6,9H2,1H3,(H,27,28)(H2,21,22,23,26)/t10-,16-/m0/s1/i1D3. The van der Waals surface area contributed by atoms with E-state index >= 15 is 0 Å². The third-order valence-electron chi connectivity index (χ3n) is 4.90. The predicted octanol–water partition coefficient (Wildman–Crippen LogP) is 2.61. The molecule has 32 heavy (non-hydrogen) atoms. The van der Waals surface area contributed by atoms with Crippen LogP contribution in [0.25, 0.3) is 0 Å². The molecule has 3 heterocycles. The first-order valence-electron chi connectivity index (χ1n) is 10.7. The smallest absolute Gasteiger partial charge is 0.449 e. The lowest BCUT2D eigenvalue weighted by Crippen LogP contribution is -2.16. The van der Waals surface area contributed by atoms with Crippen LogP contribution in [0.15, 0.2) is 36.5 Å². The summed E-state index contributed by atoms with van der Waals surface area (Å²) in [5, 5.41) is 33.0. The zero-order valence-electron chi connectivity index (χ0n) is 19.2. The number of hydrogen-bond acceptors (Lipinski definition) is 8. The third-order valence-corrected chi connectivity index (χ3v) is 4.90. The van der Waals surface area contributed by atoms with Crippen molar-refractivity contribution in [3.63, 3.8) is 0 Å². The van der Waals surface area contributed by atoms with Crippen LogP contribution in [-0.4, -0.2) is 48.7 Å². The van der Waals surface area contributed by atoms with E-state index in [1.54, 1.807) is 0 Å². The van der Waals surface area contributed by atoms with E-state index in [9.17, 15) is 19.7 Å². The molecular formula is C19H18N6O7. The van der Waals surface area contributed by atoms with Crippen molar-refractivity contribution in [2.75, 3.05) is 11.9 Å². The zero-order chi connectivity index (χ0) is 25.3. The van der Waals surface area contributed by atoms with Gasteiger partial charge in [-0.15, -0.1) is 0 Å². The first-order chi connectivity index (χ1) is 16.5. The number of hydrogen-bond donors (Lipinski definition) is 3. The SMILES string of the molecule is [2H]C([2H])([2H])n1nccc1C(=O)Nc1cc([C@@H]2C[C@H](c3cc([N+](=O)[O-])ccc3OC(=O)O)CO2)[nH]n1. The lowest BCUT2D eigenvalue weighted by molar-refractivity contribution is -0.385. The molecule has 1 aliphatic rings. The van der Waals surface area contributed by atoms with Crippen LogP contribution in [0.2, 0.25) is 0 Å². The Labute approximate surface area is 184 Å². The number of nitro benzene ring substituents is 1. The molecule has 13 nitrogen and oxygen atoms in total. The topological polar surface area (TPSA) is 174 Å². The molecule has 1 aromatic carbocycles. The van der Waals surface area contributed by atoms with E-state index in [0.717, 1.165) is 6.07 Å². The molecule has 2 atom stereocenters. The Kier molecular flexibility index (Phi) is 4.61. The van der Waals surface area contributed by atoms with E-state index in [1.165, 1.54) is 30.5 Å². The Morgan fingerprint density at radius 2 is 2.28 bits per heavy atom. The number of carboxylic acid groups (broad SMARTS) is 1. The molecule has 1 fully saturated rings. The lowest BCUT2D eigenvalue weighted by Gasteiger charge is -2.13. The van der Waals surface area contributed by atoms with Crippen LogP contribution in [-0.2, 0) is 11.7 Å². The highest BCUT2D eigenvalue weighted by atomic mass is 16.7. The second-order valence-electron chi connectivity index (χ2n) is 6.89. The second-order valence-corrected chi connectivity index (χ2v) is 6.89. The van der Waals surface area contributed by atoms with Crippen LogP contribution < -0.4 is 10.1 Å². The molecule has 166 valence electrons. The Balaban J connectivity index is 1.48. The highest BCUT2D eigenvalue weighted by Crippen LogP contribution is 2.42. The largest absolute Gasteiger partial charge is 0.511 e. The van der Waals surface area contributed by atoms with Crippen molar-refractivity contribution in [3.05, 3.63) is 63.6 Å². The van der Waals surface area contributed by atoms with Crippen molar-refractivity contribution in [2.45, 2.75) is 18.4 Å². The first-order valence-corrected chi connectivity index (χ1v) is 9.25. The molecule has 3 aromatic rings. The van der Waals surface area contributed by atoms with Gasteiger partial charge in [0.05, 0.1) is 23.3 Å². The highest BCUT2D eigenvalue weighted by Gasteiger charge is 2.32. The normalized spacial score (nSPS) is 19.6. The Morgan fingerprint density at radius 1 is 1.44 bits per heavy atom. The molecule has 4 rings (SSSR count). The number of rotatable bonds is 6. The number of aryl methyl sites for hydroxylation is 1. The number of nitrogens with one attached hydrogen (secondary N) is 2. The molecule has 1 aliphatic heterocycles. The van der Waals surface area contributed by atoms with Crippen LogP contribution in [0.4, 0.5) is 16.3 Å². The van der Waals surface area contributed by atoms with Gasteiger partial charge >= 0.3 is 6.16 Å². The molecule has 3 N–H and O–H groups in total. The summed E-state index contributed by atoms with van der Waals surface area (Å²) in [6.45, 7) is -2.50. The van der Waals surface area contributed by atoms with Gasteiger partial charge < -0.3 is 19.9 Å². The molecule has 2 aromatic heterocycles. The van der Waals surface area contributed by atoms with Crippen LogP contribution in [0.3, 0.4) is 0 Å². The van der Waals surface area contributed by atoms with Crippen LogP contribution in [0.5, 0.6) is 5.75 Å². The summed E-state index contributed by atoms with van der Waals surface area (Å²) in [6.07, 6.45) is -0.578. The quantitative estimate of drug-likeness (QED) is 0.223. The van der Waals surface area contributed by atoms with E-state index < -0.39 is 36.0 Å². The number of nitrogens with zero attached hydrogens (tertiary/aromatic N) is 4. The van der Waals surface area contributed by atoms with E-state index in [0.29, 0.717) is 22.4 Å². The summed E-state index contributed by atoms with van der Waals surface area (Å²) in [5.41, 5.74) is 0.403. The predicted molar refractivity (Wildman–Crippen MR) is 108 cm³/mol. The van der Waals surface area contributed by atoms with Crippen molar-refractivity contribution in [2.24, 2.45) is 6.98 Å². The third kappa shape index (κ3) is 4.27. The Morgan fingerprint density at radius 3 is 3.03 bits per heavy atom. The fourth-order valence-electron chi connectivity index (χ4n) is 3.44. The maximum atomic E-state index is 12.5. The fraction of sp³-hybridized carbons (Fsp3) is 0.263. The van der Waals surface area contributed by atoms with Gasteiger partial charge in [0.1, 0.15) is 11.4 Å². The number of aromatic nitrogens is 4. The highest BCUT2D eigenvalue weighted by molar-refractivity contribution is 6.02. The van der Waals surface area contributed by atoms with Gasteiger partial charge in [-0.1, -0.05) is 0 Å². The number of carbonyl (C=O) groups is 2. The van der Waals surface area contributed by atoms with Crippen molar-refractivity contribution in [1.82, 2.24) is 20.0 Å². The van der Waals surface area contributed by atoms with Crippen molar-refractivity contribution in [1.29, 1.82) is 0 Å². The van der Waals surface area contributed by atoms with Crippen molar-refractivity contribution < 1.29 is 33.2 Å². The van der Waals surface area contributed by atoms with Crippen molar-refractivity contribution >= 4 is 23.6 Å². The fourth-order valence-corrected chi connectivity index (χ4v) is 3.44. The summed E-state index contributed by atoms with van der Waals surface area (Å²) in [6, 6.07) is 6.39. The van der Waals surface area contributed by atoms with Gasteiger partial charge in [0.15, 0.2) is 5.82 Å². The molecule has 0 saturated carbocycles. The summed E-state index contributed by atoms with van der Waals surface area (Å²) in [7, 11) is 0. The zero-order valence-corrected chi connectivity index (χ0v) is 16.2. The molecule has 0 unspecified atom stereocenters. The minimum atomic E-state index is -2.63. The minimum Gasteiger partial charge on any atom is -0.449 e. The molecule has 0 radical (unpaired) electrons. The van der Waals surface area contributed by atoms with Gasteiger partial charge in [-0.05, 0) is 18.6 Å². The average Bonchev–Trinajstić information content (AvgIpc) is 3.53. The number of nitro groups is 1. The molecule has 13 heteroatoms. The number of H-pyrrole nitrogens is 1. The van der Waals surface area contributed by atoms with Gasteiger partial charge in [0, 0.05) is 47.0 Å². The number of benzene rings is 1. The van der Waals surface area contributed by atoms with Crippen LogP contribution in [0, 0.1) is 10.1 Å². The van der Waals surface area contributed by atoms with Gasteiger partial charge in [-0.2, -0.15) is 10.2 Å². The second kappa shape index (κ2) is 8.47. The van der Waals surface area contributed by atoms with E-state index in [4.69, 9.17) is 18.7 Å². The summed E-state index contributed by atoms with van der Waals surface area (Å²) in [4.78, 5) is 34.1. The molecule has 0 aliphatic carbocycles. The molecule has 1 saturated heterocycles. The summed E-state index contributed by atoms with van der Waals surface area (Å²) >= 11 is 0. The maximum Gasteiger partial charge on any atom is 0.511 e. The summed E-state index contributed by atoms with van der Waals surface area (Å²) in [5.74, 6) is -1.06. The van der Waals surface area contributed by atoms with E-state index in [2.05, 4.69) is 20.6 Å². The van der Waals surface area contributed by atoms with Gasteiger partial charge in [-0.25, -0.2) is 4.79 Å². The Hall–Kier alpha value is -4.26. The molecule has 0 bridgehead atoms. The number of non-ortho nitro benzene ring substituents is 1. The van der Waals surface area contributed by atoms with E-state index in [-0.39, 0.29) is 29.6 Å². The van der Waals surface area contributed by atoms with Gasteiger partial charge in [0.25, 0.3) is 11.6 Å². The number of amides is 1. The molecule has 1 amide bonds. The summed E-state index contributed by atoms with van der Waals surface area (Å²) < 4.78 is 33.5. The van der Waals surface area contributed by atoms with Crippen LogP contribution in [0.1, 0.15) is 44.3 Å². The number of carbonyl (C=O) groups excluding carboxylic acids is 1. The number of anilines is 1. The van der Waals surface area contributed by atoms with Gasteiger partial charge in [0.2, 0.25) is 0 Å². The number of aromatic amines is 1. The molecule has 0 spiro atoms. The van der Waals surface area contributed by atoms with Crippen molar-refractivity contribution in [3.8, 4) is 5.75 Å². The Bertz CT molecular complexity index is 1290.